The van der Waals surface area contributed by atoms with Gasteiger partial charge in [0.1, 0.15) is 0 Å². The van der Waals surface area contributed by atoms with Crippen LogP contribution in [-0.2, 0) is 18.0 Å². The van der Waals surface area contributed by atoms with Crippen molar-refractivity contribution in [2.45, 2.75) is 0 Å². The van der Waals surface area contributed by atoms with E-state index in [0.717, 1.165) is 0 Å². The minimum absolute atomic E-state index is 0. The van der Waals surface area contributed by atoms with Crippen molar-refractivity contribution in [1.82, 2.24) is 0 Å². The molecular weight excluding hydrogens is 357 g/mol. The SMILES string of the molecule is O=P(O)(O)O.O=P(O)(O)OP(=O)(O)O.[H-].[H-].[Sr+2]. The zero-order chi connectivity index (χ0) is 12.2. The molecule has 0 rings (SSSR count). The minimum atomic E-state index is -5.05. The first-order valence-corrected chi connectivity index (χ1v) is 6.94. The van der Waals surface area contributed by atoms with Crippen LogP contribution in [0.4, 0.5) is 0 Å². The van der Waals surface area contributed by atoms with Crippen LogP contribution in [0.1, 0.15) is 2.85 Å². The van der Waals surface area contributed by atoms with E-state index in [0.29, 0.717) is 0 Å². The van der Waals surface area contributed by atoms with Gasteiger partial charge in [-0.05, 0) is 0 Å². The van der Waals surface area contributed by atoms with Crippen LogP contribution in [-0.4, -0.2) is 79.7 Å². The summed E-state index contributed by atoms with van der Waals surface area (Å²) in [6, 6.07) is 0. The monoisotopic (exact) mass is 366 g/mol. The summed E-state index contributed by atoms with van der Waals surface area (Å²) in [4.78, 5) is 52.6. The quantitative estimate of drug-likeness (QED) is 0.213. The molecule has 0 radical (unpaired) electrons. The Morgan fingerprint density at radius 3 is 0.867 bits per heavy atom. The fourth-order valence-electron chi connectivity index (χ4n) is 0.139. The molecule has 0 heterocycles. The normalized spacial score (nSPS) is 12.2. The molecule has 0 aliphatic carbocycles. The number of rotatable bonds is 2. The standard InChI is InChI=1S/H4O7P2.H3O4P.Sr.2H/c1-8(2,3)7-9(4,5)6;1-5(2,3)4;;;/h(H2,1,2,3)(H2,4,5,6);(H3,1,2,3,4);;;/q;;+2;2*-1. The molecule has 0 aromatic carbocycles. The van der Waals surface area contributed by atoms with Gasteiger partial charge >= 0.3 is 68.9 Å². The fourth-order valence-corrected chi connectivity index (χ4v) is 1.25. The Morgan fingerprint density at radius 2 is 0.867 bits per heavy atom. The molecular formula is H9O11P3Sr. The van der Waals surface area contributed by atoms with Gasteiger partial charge in [-0.1, -0.05) is 0 Å². The van der Waals surface area contributed by atoms with Crippen molar-refractivity contribution >= 4 is 68.9 Å². The summed E-state index contributed by atoms with van der Waals surface area (Å²) in [5.74, 6) is 0. The molecule has 0 fully saturated rings. The maximum atomic E-state index is 9.63. The van der Waals surface area contributed by atoms with E-state index in [9.17, 15) is 9.13 Å². The van der Waals surface area contributed by atoms with Gasteiger partial charge in [0.15, 0.2) is 0 Å². The van der Waals surface area contributed by atoms with E-state index in [4.69, 9.17) is 38.8 Å². The first-order chi connectivity index (χ1) is 5.71. The van der Waals surface area contributed by atoms with E-state index >= 15 is 0 Å². The van der Waals surface area contributed by atoms with Crippen LogP contribution >= 0.6 is 23.5 Å². The van der Waals surface area contributed by atoms with E-state index in [2.05, 4.69) is 4.31 Å². The van der Waals surface area contributed by atoms with Gasteiger partial charge in [-0.25, -0.2) is 13.7 Å². The molecule has 0 aromatic heterocycles. The first-order valence-electron chi connectivity index (χ1n) is 2.31. The largest absolute Gasteiger partial charge is 2.00 e. The summed E-state index contributed by atoms with van der Waals surface area (Å²) < 4.78 is 31.1. The average molecular weight is 366 g/mol. The van der Waals surface area contributed by atoms with Crippen molar-refractivity contribution in [3.8, 4) is 0 Å². The molecule has 0 spiro atoms. The van der Waals surface area contributed by atoms with Gasteiger partial charge in [-0.15, -0.1) is 0 Å². The zero-order valence-electron chi connectivity index (χ0n) is 8.81. The number of hydrogen-bond acceptors (Lipinski definition) is 4. The molecule has 7 N–H and O–H groups in total. The summed E-state index contributed by atoms with van der Waals surface area (Å²) in [7, 11) is -14.7. The Balaban J connectivity index is -0.0000000533. The number of hydrogen-bond donors (Lipinski definition) is 7. The third kappa shape index (κ3) is 49.3. The molecule has 15 heavy (non-hydrogen) atoms. The van der Waals surface area contributed by atoms with Crippen LogP contribution < -0.4 is 0 Å². The van der Waals surface area contributed by atoms with E-state index in [1.807, 2.05) is 0 Å². The molecule has 0 atom stereocenters. The fraction of sp³-hybridized carbons (Fsp3) is 0. The second-order valence-corrected chi connectivity index (χ2v) is 5.22. The molecule has 15 heteroatoms. The van der Waals surface area contributed by atoms with E-state index < -0.39 is 23.5 Å². The van der Waals surface area contributed by atoms with Crippen LogP contribution in [0.5, 0.6) is 0 Å². The van der Waals surface area contributed by atoms with Crippen molar-refractivity contribution in [1.29, 1.82) is 0 Å². The van der Waals surface area contributed by atoms with Crippen molar-refractivity contribution in [2.24, 2.45) is 0 Å². The summed E-state index contributed by atoms with van der Waals surface area (Å²) >= 11 is 0. The Bertz CT molecular complexity index is 268. The zero-order valence-corrected chi connectivity index (χ0v) is 13.0. The van der Waals surface area contributed by atoms with Gasteiger partial charge < -0.3 is 37.1 Å². The molecule has 0 saturated heterocycles. The van der Waals surface area contributed by atoms with Gasteiger partial charge in [0.05, 0.1) is 0 Å². The average Bonchev–Trinajstić information content (AvgIpc) is 1.42. The maximum absolute atomic E-state index is 9.63. The number of phosphoric acid groups is 3. The van der Waals surface area contributed by atoms with Crippen LogP contribution in [0, 0.1) is 0 Å². The Labute approximate surface area is 123 Å². The van der Waals surface area contributed by atoms with Crippen LogP contribution in [0.15, 0.2) is 0 Å². The molecule has 0 bridgehead atoms. The summed E-state index contributed by atoms with van der Waals surface area (Å²) in [5.41, 5.74) is 0. The Morgan fingerprint density at radius 1 is 0.733 bits per heavy atom. The van der Waals surface area contributed by atoms with E-state index in [1.54, 1.807) is 0 Å². The van der Waals surface area contributed by atoms with Crippen LogP contribution in [0.3, 0.4) is 0 Å². The smallest absolute Gasteiger partial charge is 1.00 e. The van der Waals surface area contributed by atoms with Gasteiger partial charge in [-0.3, -0.25) is 0 Å². The molecule has 0 aromatic rings. The molecule has 92 valence electrons. The predicted octanol–water partition coefficient (Wildman–Crippen LogP) is -1.90. The minimum Gasteiger partial charge on any atom is -1.00 e. The molecule has 0 saturated carbocycles. The van der Waals surface area contributed by atoms with E-state index in [-0.39, 0.29) is 48.3 Å². The van der Waals surface area contributed by atoms with Gasteiger partial charge in [-0.2, -0.15) is 4.31 Å². The van der Waals surface area contributed by atoms with Gasteiger partial charge in [0.25, 0.3) is 0 Å². The van der Waals surface area contributed by atoms with Crippen molar-refractivity contribution in [3.63, 3.8) is 0 Å². The van der Waals surface area contributed by atoms with Crippen LogP contribution in [0.25, 0.3) is 0 Å². The molecule has 0 unspecified atom stereocenters. The van der Waals surface area contributed by atoms with Crippen molar-refractivity contribution in [2.75, 3.05) is 0 Å². The van der Waals surface area contributed by atoms with E-state index in [1.165, 1.54) is 0 Å². The molecule has 11 nitrogen and oxygen atoms in total. The molecule has 0 aliphatic rings. The Kier molecular flexibility index (Phi) is 11.8. The van der Waals surface area contributed by atoms with Crippen molar-refractivity contribution < 1.29 is 55.1 Å². The van der Waals surface area contributed by atoms with Crippen LogP contribution in [0.2, 0.25) is 0 Å². The van der Waals surface area contributed by atoms with Crippen molar-refractivity contribution in [3.05, 3.63) is 0 Å². The molecule has 0 amide bonds. The maximum Gasteiger partial charge on any atom is 2.00 e. The summed E-state index contributed by atoms with van der Waals surface area (Å²) in [6.07, 6.45) is 0. The second kappa shape index (κ2) is 8.04. The third-order valence-corrected chi connectivity index (χ3v) is 1.91. The summed E-state index contributed by atoms with van der Waals surface area (Å²) in [6.45, 7) is 0. The first kappa shape index (κ1) is 22.1. The van der Waals surface area contributed by atoms with Gasteiger partial charge in [0, 0.05) is 0 Å². The Hall–Kier alpha value is 1.85. The second-order valence-electron chi connectivity index (χ2n) is 1.58. The predicted molar refractivity (Wildman–Crippen MR) is 47.4 cm³/mol. The third-order valence-electron chi connectivity index (χ3n) is 0.213. The topological polar surface area (TPSA) is 202 Å². The summed E-state index contributed by atoms with van der Waals surface area (Å²) in [5, 5.41) is 0. The molecule has 0 aliphatic heterocycles. The van der Waals surface area contributed by atoms with Gasteiger partial charge in [0.2, 0.25) is 0 Å².